The van der Waals surface area contributed by atoms with Crippen LogP contribution in [0.15, 0.2) is 18.2 Å². The van der Waals surface area contributed by atoms with Crippen LogP contribution in [-0.4, -0.2) is 22.8 Å². The van der Waals surface area contributed by atoms with Gasteiger partial charge in [0.25, 0.3) is 11.8 Å². The van der Waals surface area contributed by atoms with Crippen LogP contribution in [0.3, 0.4) is 0 Å². The molecule has 0 atom stereocenters. The molecule has 0 spiro atoms. The van der Waals surface area contributed by atoms with Gasteiger partial charge in [-0.1, -0.05) is 11.6 Å². The van der Waals surface area contributed by atoms with Crippen LogP contribution in [0.5, 0.6) is 0 Å². The van der Waals surface area contributed by atoms with Crippen molar-refractivity contribution in [3.05, 3.63) is 32.4 Å². The van der Waals surface area contributed by atoms with Crippen molar-refractivity contribution >= 4 is 52.0 Å². The molecule has 0 saturated carbocycles. The minimum absolute atomic E-state index is 0.0732. The summed E-state index contributed by atoms with van der Waals surface area (Å²) < 4.78 is 0.587. The Morgan fingerprint density at radius 2 is 1.89 bits per heavy atom. The van der Waals surface area contributed by atoms with Gasteiger partial charge >= 0.3 is 5.97 Å². The second-order valence-corrected chi connectivity index (χ2v) is 5.18. The lowest BCUT2D eigenvalue weighted by atomic mass is 10.2. The number of hydrogen-bond donors (Lipinski definition) is 0. The van der Waals surface area contributed by atoms with E-state index in [0.717, 1.165) is 0 Å². The summed E-state index contributed by atoms with van der Waals surface area (Å²) in [6.07, 6.45) is 0.146. The lowest BCUT2D eigenvalue weighted by Crippen LogP contribution is -2.32. The van der Waals surface area contributed by atoms with Gasteiger partial charge in [0, 0.05) is 21.4 Å². The predicted octanol–water partition coefficient (Wildman–Crippen LogP) is 2.17. The summed E-state index contributed by atoms with van der Waals surface area (Å²) in [5.74, 6) is -1.76. The van der Waals surface area contributed by atoms with E-state index in [1.54, 1.807) is 6.07 Å². The van der Waals surface area contributed by atoms with Crippen LogP contribution in [-0.2, 0) is 14.4 Å². The number of rotatable bonds is 2. The molecule has 0 radical (unpaired) electrons. The molecular formula is C11H7ClINO4. The predicted molar refractivity (Wildman–Crippen MR) is 70.7 cm³/mol. The fraction of sp³-hybridized carbons (Fsp3) is 0.182. The molecule has 2 amide bonds. The third-order valence-electron chi connectivity index (χ3n) is 2.33. The first kappa shape index (κ1) is 13.3. The Balaban J connectivity index is 2.17. The largest absolute Gasteiger partial charge is 0.364 e. The van der Waals surface area contributed by atoms with Gasteiger partial charge in [-0.15, -0.1) is 5.06 Å². The Morgan fingerprint density at radius 3 is 2.44 bits per heavy atom. The minimum atomic E-state index is -0.750. The summed E-state index contributed by atoms with van der Waals surface area (Å²) in [6.45, 7) is 0. The highest BCUT2D eigenvalue weighted by molar-refractivity contribution is 14.1. The van der Waals surface area contributed by atoms with E-state index < -0.39 is 17.8 Å². The minimum Gasteiger partial charge on any atom is -0.325 e. The Bertz CT molecular complexity index is 530. The highest BCUT2D eigenvalue weighted by Crippen LogP contribution is 2.20. The molecule has 0 unspecified atom stereocenters. The van der Waals surface area contributed by atoms with Crippen LogP contribution in [0.1, 0.15) is 23.2 Å². The van der Waals surface area contributed by atoms with Gasteiger partial charge in [0.15, 0.2) is 0 Å². The smallest absolute Gasteiger partial charge is 0.325 e. The molecule has 1 aliphatic heterocycles. The molecule has 1 fully saturated rings. The maximum absolute atomic E-state index is 11.8. The number of hydrogen-bond acceptors (Lipinski definition) is 4. The van der Waals surface area contributed by atoms with Crippen LogP contribution in [0.4, 0.5) is 0 Å². The van der Waals surface area contributed by atoms with E-state index in [1.807, 2.05) is 22.6 Å². The van der Waals surface area contributed by atoms with Gasteiger partial charge in [-0.05, 0) is 40.8 Å². The quantitative estimate of drug-likeness (QED) is 0.584. The molecule has 5 nitrogen and oxygen atoms in total. The Hall–Kier alpha value is -1.15. The lowest BCUT2D eigenvalue weighted by Gasteiger charge is -2.13. The number of imide groups is 1. The Labute approximate surface area is 121 Å². The van der Waals surface area contributed by atoms with Gasteiger partial charge in [0.2, 0.25) is 0 Å². The summed E-state index contributed by atoms with van der Waals surface area (Å²) in [6, 6.07) is 4.61. The molecule has 1 aromatic rings. The zero-order valence-corrected chi connectivity index (χ0v) is 11.9. The molecule has 0 N–H and O–H groups in total. The van der Waals surface area contributed by atoms with E-state index in [9.17, 15) is 14.4 Å². The molecule has 1 aromatic carbocycles. The molecule has 18 heavy (non-hydrogen) atoms. The van der Waals surface area contributed by atoms with Crippen molar-refractivity contribution in [3.8, 4) is 0 Å². The van der Waals surface area contributed by atoms with Crippen LogP contribution in [0.25, 0.3) is 0 Å². The maximum Gasteiger partial charge on any atom is 0.364 e. The van der Waals surface area contributed by atoms with Crippen LogP contribution < -0.4 is 0 Å². The van der Waals surface area contributed by atoms with E-state index in [2.05, 4.69) is 0 Å². The topological polar surface area (TPSA) is 63.7 Å². The van der Waals surface area contributed by atoms with Gasteiger partial charge in [0.1, 0.15) is 0 Å². The van der Waals surface area contributed by atoms with Crippen LogP contribution >= 0.6 is 34.2 Å². The van der Waals surface area contributed by atoms with Gasteiger partial charge < -0.3 is 4.84 Å². The van der Waals surface area contributed by atoms with Crippen LogP contribution in [0, 0.1) is 3.57 Å². The SMILES string of the molecule is O=C(ON1C(=O)CCC1=O)c1ccc(Cl)cc1I. The summed E-state index contributed by atoms with van der Waals surface area (Å²) in [4.78, 5) is 39.2. The zero-order chi connectivity index (χ0) is 13.3. The number of nitrogens with zero attached hydrogens (tertiary/aromatic N) is 1. The van der Waals surface area contributed by atoms with E-state index in [-0.39, 0.29) is 18.4 Å². The molecule has 1 saturated heterocycles. The fourth-order valence-electron chi connectivity index (χ4n) is 1.44. The standard InChI is InChI=1S/C11H7ClINO4/c12-6-1-2-7(8(13)5-6)11(17)18-14-9(15)3-4-10(14)16/h1-2,5H,3-4H2. The summed E-state index contributed by atoms with van der Waals surface area (Å²) in [5.41, 5.74) is 0.257. The van der Waals surface area contributed by atoms with Gasteiger partial charge in [0.05, 0.1) is 5.56 Å². The monoisotopic (exact) mass is 379 g/mol. The molecule has 0 aliphatic carbocycles. The second kappa shape index (κ2) is 5.23. The number of halogens is 2. The molecule has 94 valence electrons. The number of hydroxylamine groups is 2. The van der Waals surface area contributed by atoms with Crippen molar-refractivity contribution in [2.24, 2.45) is 0 Å². The first-order chi connectivity index (χ1) is 8.49. The van der Waals surface area contributed by atoms with Crippen molar-refractivity contribution < 1.29 is 19.2 Å². The van der Waals surface area contributed by atoms with Crippen molar-refractivity contribution in [1.29, 1.82) is 0 Å². The third kappa shape index (κ3) is 2.64. The van der Waals surface area contributed by atoms with Crippen molar-refractivity contribution in [2.75, 3.05) is 0 Å². The second-order valence-electron chi connectivity index (χ2n) is 3.58. The van der Waals surface area contributed by atoms with Crippen molar-refractivity contribution in [2.45, 2.75) is 12.8 Å². The lowest BCUT2D eigenvalue weighted by molar-refractivity contribution is -0.172. The van der Waals surface area contributed by atoms with Crippen molar-refractivity contribution in [1.82, 2.24) is 5.06 Å². The van der Waals surface area contributed by atoms with Gasteiger partial charge in [-0.3, -0.25) is 9.59 Å². The number of benzene rings is 1. The van der Waals surface area contributed by atoms with Crippen molar-refractivity contribution in [3.63, 3.8) is 0 Å². The molecule has 0 bridgehead atoms. The number of amides is 2. The Kier molecular flexibility index (Phi) is 3.86. The van der Waals surface area contributed by atoms with E-state index in [4.69, 9.17) is 16.4 Å². The van der Waals surface area contributed by atoms with Gasteiger partial charge in [-0.25, -0.2) is 4.79 Å². The molecule has 0 aromatic heterocycles. The Morgan fingerprint density at radius 1 is 1.28 bits per heavy atom. The third-order valence-corrected chi connectivity index (χ3v) is 3.46. The first-order valence-electron chi connectivity index (χ1n) is 5.02. The normalized spacial score (nSPS) is 15.1. The first-order valence-corrected chi connectivity index (χ1v) is 6.48. The average molecular weight is 380 g/mol. The summed E-state index contributed by atoms with van der Waals surface area (Å²) in [5, 5.41) is 1.01. The van der Waals surface area contributed by atoms with Gasteiger partial charge in [-0.2, -0.15) is 0 Å². The van der Waals surface area contributed by atoms with E-state index in [0.29, 0.717) is 13.7 Å². The molecule has 7 heteroatoms. The molecule has 2 rings (SSSR count). The summed E-state index contributed by atoms with van der Waals surface area (Å²) in [7, 11) is 0. The highest BCUT2D eigenvalue weighted by atomic mass is 127. The molecular weight excluding hydrogens is 372 g/mol. The molecule has 1 heterocycles. The summed E-state index contributed by atoms with van der Waals surface area (Å²) >= 11 is 7.69. The maximum atomic E-state index is 11.8. The molecule has 1 aliphatic rings. The number of carbonyl (C=O) groups excluding carboxylic acids is 3. The number of carbonyl (C=O) groups is 3. The zero-order valence-electron chi connectivity index (χ0n) is 8.98. The van der Waals surface area contributed by atoms with E-state index >= 15 is 0 Å². The fourth-order valence-corrected chi connectivity index (χ4v) is 2.54. The highest BCUT2D eigenvalue weighted by Gasteiger charge is 2.33. The average Bonchev–Trinajstić information content (AvgIpc) is 2.60. The van der Waals surface area contributed by atoms with E-state index in [1.165, 1.54) is 12.1 Å². The van der Waals surface area contributed by atoms with Crippen LogP contribution in [0.2, 0.25) is 5.02 Å².